The Morgan fingerprint density at radius 1 is 1.38 bits per heavy atom. The van der Waals surface area contributed by atoms with E-state index in [9.17, 15) is 0 Å². The number of nitrogens with zero attached hydrogens (tertiary/aromatic N) is 4. The van der Waals surface area contributed by atoms with E-state index in [2.05, 4.69) is 21.4 Å². The van der Waals surface area contributed by atoms with Gasteiger partial charge in [0.1, 0.15) is 18.1 Å². The molecule has 106 valence electrons. The number of rotatable bonds is 4. The molecule has 0 radical (unpaired) electrons. The molecule has 1 aliphatic rings. The number of nitriles is 1. The first kappa shape index (κ1) is 13.1. The summed E-state index contributed by atoms with van der Waals surface area (Å²) in [5, 5.41) is 11.7. The lowest BCUT2D eigenvalue weighted by atomic mass is 10.2. The fraction of sp³-hybridized carbons (Fsp3) is 0.214. The quantitative estimate of drug-likeness (QED) is 0.881. The molecule has 1 aromatic heterocycles. The third-order valence-electron chi connectivity index (χ3n) is 3.09. The molecule has 0 saturated heterocycles. The molecule has 2 aromatic rings. The summed E-state index contributed by atoms with van der Waals surface area (Å²) in [4.78, 5) is 8.48. The van der Waals surface area contributed by atoms with Crippen molar-refractivity contribution in [3.05, 3.63) is 47.9 Å². The Morgan fingerprint density at radius 2 is 2.19 bits per heavy atom. The third kappa shape index (κ3) is 2.70. The summed E-state index contributed by atoms with van der Waals surface area (Å²) < 4.78 is 7.47. The van der Waals surface area contributed by atoms with Crippen molar-refractivity contribution in [2.45, 2.75) is 19.4 Å². The predicted molar refractivity (Wildman–Crippen MR) is 77.1 cm³/mol. The van der Waals surface area contributed by atoms with Gasteiger partial charge in [0.15, 0.2) is 12.2 Å². The van der Waals surface area contributed by atoms with Gasteiger partial charge in [0.2, 0.25) is 0 Å². The molecule has 0 bridgehead atoms. The first-order chi connectivity index (χ1) is 10.3. The Bertz CT molecular complexity index is 700. The zero-order valence-corrected chi connectivity index (χ0v) is 11.2. The fourth-order valence-corrected chi connectivity index (χ4v) is 2.12. The van der Waals surface area contributed by atoms with Gasteiger partial charge in [0, 0.05) is 0 Å². The third-order valence-corrected chi connectivity index (χ3v) is 3.09. The van der Waals surface area contributed by atoms with E-state index in [4.69, 9.17) is 15.7 Å². The number of nitrogens with one attached hydrogen (secondary N) is 1. The maximum Gasteiger partial charge on any atom is 0.198 e. The number of nitrogens with two attached hydrogens (primary N) is 1. The molecule has 7 nitrogen and oxygen atoms in total. The Morgan fingerprint density at radius 3 is 2.95 bits per heavy atom. The lowest BCUT2D eigenvalue weighted by Gasteiger charge is -2.20. The molecule has 0 saturated carbocycles. The van der Waals surface area contributed by atoms with E-state index >= 15 is 0 Å². The van der Waals surface area contributed by atoms with E-state index in [0.29, 0.717) is 18.1 Å². The highest BCUT2D eigenvalue weighted by Crippen LogP contribution is 2.29. The van der Waals surface area contributed by atoms with Gasteiger partial charge in [-0.1, -0.05) is 30.3 Å². The Kier molecular flexibility index (Phi) is 3.53. The average molecular weight is 282 g/mol. The van der Waals surface area contributed by atoms with E-state index < -0.39 is 6.23 Å². The lowest BCUT2D eigenvalue weighted by molar-refractivity contribution is 0.0430. The maximum absolute atomic E-state index is 8.80. The topological polar surface area (TPSA) is 101 Å². The Balaban J connectivity index is 1.79. The second kappa shape index (κ2) is 5.64. The number of aliphatic imine (C=N–C) groups is 1. The van der Waals surface area contributed by atoms with Crippen LogP contribution in [-0.4, -0.2) is 15.5 Å². The van der Waals surface area contributed by atoms with Gasteiger partial charge < -0.3 is 20.4 Å². The minimum absolute atomic E-state index is 0.189. The average Bonchev–Trinajstić information content (AvgIpc) is 2.89. The standard InChI is InChI=1S/C14H14N6O/c15-6-7-20-9-17-11-12(20)18-14(16)19-13(11)21-8-10-4-2-1-3-5-10/h1-5,9,13H,7-8H2,(H3,16,18,19). The van der Waals surface area contributed by atoms with Crippen LogP contribution in [0.5, 0.6) is 0 Å². The summed E-state index contributed by atoms with van der Waals surface area (Å²) in [6.45, 7) is 0.598. The van der Waals surface area contributed by atoms with Crippen LogP contribution in [0.4, 0.5) is 5.82 Å². The number of benzene rings is 1. The van der Waals surface area contributed by atoms with Crippen molar-refractivity contribution in [2.75, 3.05) is 5.32 Å². The zero-order valence-electron chi connectivity index (χ0n) is 11.2. The van der Waals surface area contributed by atoms with Crippen molar-refractivity contribution in [3.8, 4) is 6.07 Å². The molecule has 7 heteroatoms. The monoisotopic (exact) mass is 282 g/mol. The largest absolute Gasteiger partial charge is 0.370 e. The Hall–Kier alpha value is -2.85. The summed E-state index contributed by atoms with van der Waals surface area (Å²) in [6.07, 6.45) is 1.01. The number of imidazole rings is 1. The molecule has 0 spiro atoms. The van der Waals surface area contributed by atoms with Crippen LogP contribution in [0.3, 0.4) is 0 Å². The molecule has 1 unspecified atom stereocenters. The normalized spacial score (nSPS) is 16.5. The van der Waals surface area contributed by atoms with Gasteiger partial charge in [-0.05, 0) is 5.56 Å². The van der Waals surface area contributed by atoms with Crippen molar-refractivity contribution in [3.63, 3.8) is 0 Å². The number of guanidine groups is 1. The van der Waals surface area contributed by atoms with Crippen molar-refractivity contribution < 1.29 is 4.74 Å². The number of hydrogen-bond acceptors (Lipinski definition) is 6. The van der Waals surface area contributed by atoms with Gasteiger partial charge in [0.05, 0.1) is 19.0 Å². The molecular formula is C14H14N6O. The maximum atomic E-state index is 8.80. The summed E-state index contributed by atoms with van der Waals surface area (Å²) in [5.41, 5.74) is 7.45. The minimum Gasteiger partial charge on any atom is -0.370 e. The van der Waals surface area contributed by atoms with E-state index in [1.807, 2.05) is 30.3 Å². The smallest absolute Gasteiger partial charge is 0.198 e. The molecule has 2 heterocycles. The van der Waals surface area contributed by atoms with Gasteiger partial charge in [-0.2, -0.15) is 5.26 Å². The molecule has 1 aromatic carbocycles. The van der Waals surface area contributed by atoms with E-state index in [1.165, 1.54) is 0 Å². The van der Waals surface area contributed by atoms with Crippen LogP contribution < -0.4 is 11.1 Å². The molecule has 1 aliphatic heterocycles. The summed E-state index contributed by atoms with van der Waals surface area (Å²) in [6, 6.07) is 11.9. The summed E-state index contributed by atoms with van der Waals surface area (Å²) in [5.74, 6) is 0.905. The summed E-state index contributed by atoms with van der Waals surface area (Å²) in [7, 11) is 0. The van der Waals surface area contributed by atoms with E-state index in [-0.39, 0.29) is 12.5 Å². The van der Waals surface area contributed by atoms with Crippen molar-refractivity contribution >= 4 is 11.8 Å². The molecular weight excluding hydrogens is 268 g/mol. The van der Waals surface area contributed by atoms with Crippen LogP contribution in [0, 0.1) is 11.3 Å². The van der Waals surface area contributed by atoms with Gasteiger partial charge in [-0.25, -0.2) is 9.98 Å². The molecule has 0 amide bonds. The highest BCUT2D eigenvalue weighted by atomic mass is 16.5. The minimum atomic E-state index is -0.568. The zero-order chi connectivity index (χ0) is 14.7. The highest BCUT2D eigenvalue weighted by Gasteiger charge is 2.25. The molecule has 3 rings (SSSR count). The molecule has 1 atom stereocenters. The fourth-order valence-electron chi connectivity index (χ4n) is 2.12. The first-order valence-corrected chi connectivity index (χ1v) is 6.45. The van der Waals surface area contributed by atoms with Gasteiger partial charge in [0.25, 0.3) is 0 Å². The molecule has 0 fully saturated rings. The number of ether oxygens (including phenoxy) is 1. The SMILES string of the molecule is N#CCn1cnc2c1NC(N)=NC2OCc1ccccc1. The van der Waals surface area contributed by atoms with Crippen LogP contribution >= 0.6 is 0 Å². The van der Waals surface area contributed by atoms with Crippen LogP contribution in [0.15, 0.2) is 41.7 Å². The second-order valence-corrected chi connectivity index (χ2v) is 4.55. The van der Waals surface area contributed by atoms with Gasteiger partial charge >= 0.3 is 0 Å². The highest BCUT2D eigenvalue weighted by molar-refractivity contribution is 5.93. The first-order valence-electron chi connectivity index (χ1n) is 6.45. The van der Waals surface area contributed by atoms with Crippen LogP contribution in [-0.2, 0) is 17.9 Å². The van der Waals surface area contributed by atoms with E-state index in [1.54, 1.807) is 10.9 Å². The van der Waals surface area contributed by atoms with Gasteiger partial charge in [-0.15, -0.1) is 0 Å². The van der Waals surface area contributed by atoms with Crippen molar-refractivity contribution in [1.82, 2.24) is 9.55 Å². The van der Waals surface area contributed by atoms with Crippen LogP contribution in [0.25, 0.3) is 0 Å². The molecule has 0 aliphatic carbocycles. The molecule has 3 N–H and O–H groups in total. The van der Waals surface area contributed by atoms with Crippen LogP contribution in [0.1, 0.15) is 17.5 Å². The lowest BCUT2D eigenvalue weighted by Crippen LogP contribution is -2.30. The molecule has 21 heavy (non-hydrogen) atoms. The number of hydrogen-bond donors (Lipinski definition) is 2. The number of aromatic nitrogens is 2. The van der Waals surface area contributed by atoms with Crippen molar-refractivity contribution in [2.24, 2.45) is 10.7 Å². The Labute approximate surface area is 121 Å². The number of fused-ring (bicyclic) bond motifs is 1. The number of anilines is 1. The van der Waals surface area contributed by atoms with Crippen LogP contribution in [0.2, 0.25) is 0 Å². The second-order valence-electron chi connectivity index (χ2n) is 4.55. The van der Waals surface area contributed by atoms with Gasteiger partial charge in [-0.3, -0.25) is 0 Å². The van der Waals surface area contributed by atoms with E-state index in [0.717, 1.165) is 5.56 Å². The van der Waals surface area contributed by atoms with Crippen molar-refractivity contribution in [1.29, 1.82) is 5.26 Å². The summed E-state index contributed by atoms with van der Waals surface area (Å²) >= 11 is 0. The predicted octanol–water partition coefficient (Wildman–Crippen LogP) is 1.36.